The van der Waals surface area contributed by atoms with E-state index in [1.807, 2.05) is 12.1 Å². The summed E-state index contributed by atoms with van der Waals surface area (Å²) in [4.78, 5) is 2.09. The molecule has 0 aliphatic heterocycles. The zero-order valence-corrected chi connectivity index (χ0v) is 11.2. The van der Waals surface area contributed by atoms with E-state index < -0.39 is 0 Å². The van der Waals surface area contributed by atoms with Gasteiger partial charge in [0.1, 0.15) is 5.82 Å². The van der Waals surface area contributed by atoms with Gasteiger partial charge >= 0.3 is 0 Å². The van der Waals surface area contributed by atoms with Gasteiger partial charge in [0.2, 0.25) is 0 Å². The van der Waals surface area contributed by atoms with Crippen molar-refractivity contribution in [2.45, 2.75) is 39.8 Å². The topological polar surface area (TPSA) is 15.3 Å². The van der Waals surface area contributed by atoms with Crippen LogP contribution in [-0.2, 0) is 0 Å². The lowest BCUT2D eigenvalue weighted by atomic mass is 10.2. The van der Waals surface area contributed by atoms with Crippen molar-refractivity contribution in [2.75, 3.05) is 18.0 Å². The molecule has 1 atom stereocenters. The van der Waals surface area contributed by atoms with E-state index in [-0.39, 0.29) is 11.9 Å². The molecule has 0 fully saturated rings. The van der Waals surface area contributed by atoms with Crippen molar-refractivity contribution >= 4 is 5.69 Å². The highest BCUT2D eigenvalue weighted by atomic mass is 19.1. The van der Waals surface area contributed by atoms with Crippen molar-refractivity contribution in [3.63, 3.8) is 0 Å². The van der Waals surface area contributed by atoms with Gasteiger partial charge in [-0.05, 0) is 26.0 Å². The summed E-state index contributed by atoms with van der Waals surface area (Å²) < 4.78 is 13.7. The Bertz CT molecular complexity index is 339. The molecule has 0 saturated carbocycles. The molecule has 2 nitrogen and oxygen atoms in total. The summed E-state index contributed by atoms with van der Waals surface area (Å²) in [5.41, 5.74) is 0.688. The van der Waals surface area contributed by atoms with Crippen molar-refractivity contribution in [1.82, 2.24) is 5.32 Å². The van der Waals surface area contributed by atoms with Crippen molar-refractivity contribution in [1.29, 1.82) is 0 Å². The molecule has 1 unspecified atom stereocenters. The molecule has 1 rings (SSSR count). The number of anilines is 1. The minimum absolute atomic E-state index is 0.147. The Labute approximate surface area is 104 Å². The van der Waals surface area contributed by atoms with Crippen LogP contribution in [0, 0.1) is 5.82 Å². The Hall–Kier alpha value is -1.09. The van der Waals surface area contributed by atoms with Crippen molar-refractivity contribution in [2.24, 2.45) is 0 Å². The Morgan fingerprint density at radius 3 is 2.41 bits per heavy atom. The van der Waals surface area contributed by atoms with Crippen LogP contribution in [0.3, 0.4) is 0 Å². The van der Waals surface area contributed by atoms with E-state index >= 15 is 0 Å². The SMILES string of the molecule is CCN(c1ccccc1F)C(C)CNC(C)C. The largest absolute Gasteiger partial charge is 0.365 e. The molecule has 0 aromatic heterocycles. The second-order valence-corrected chi connectivity index (χ2v) is 4.65. The number of likely N-dealkylation sites (N-methyl/N-ethyl adjacent to an activating group) is 1. The maximum Gasteiger partial charge on any atom is 0.146 e. The first kappa shape index (κ1) is 14.0. The first-order chi connectivity index (χ1) is 8.06. The first-order valence-corrected chi connectivity index (χ1v) is 6.30. The number of halogens is 1. The zero-order chi connectivity index (χ0) is 12.8. The Balaban J connectivity index is 2.74. The lowest BCUT2D eigenvalue weighted by Gasteiger charge is -2.31. The second-order valence-electron chi connectivity index (χ2n) is 4.65. The predicted molar refractivity (Wildman–Crippen MR) is 72.0 cm³/mol. The van der Waals surface area contributed by atoms with E-state index in [0.29, 0.717) is 11.7 Å². The number of rotatable bonds is 6. The maximum absolute atomic E-state index is 13.7. The van der Waals surface area contributed by atoms with Gasteiger partial charge in [-0.15, -0.1) is 0 Å². The molecule has 0 radical (unpaired) electrons. The summed E-state index contributed by atoms with van der Waals surface area (Å²) in [6.07, 6.45) is 0. The summed E-state index contributed by atoms with van der Waals surface area (Å²) in [6.45, 7) is 10.1. The molecule has 1 aromatic carbocycles. The van der Waals surface area contributed by atoms with Crippen LogP contribution >= 0.6 is 0 Å². The quantitative estimate of drug-likeness (QED) is 0.819. The minimum atomic E-state index is -0.147. The average molecular weight is 238 g/mol. The van der Waals surface area contributed by atoms with E-state index in [1.54, 1.807) is 6.07 Å². The van der Waals surface area contributed by atoms with E-state index in [0.717, 1.165) is 13.1 Å². The van der Waals surface area contributed by atoms with Crippen LogP contribution in [0.5, 0.6) is 0 Å². The molecular formula is C14H23FN2. The summed E-state index contributed by atoms with van der Waals surface area (Å²) in [5, 5.41) is 3.39. The lowest BCUT2D eigenvalue weighted by Crippen LogP contribution is -2.42. The Morgan fingerprint density at radius 2 is 1.88 bits per heavy atom. The summed E-state index contributed by atoms with van der Waals surface area (Å²) >= 11 is 0. The molecule has 0 heterocycles. The maximum atomic E-state index is 13.7. The highest BCUT2D eigenvalue weighted by molar-refractivity contribution is 5.48. The highest BCUT2D eigenvalue weighted by Crippen LogP contribution is 2.20. The van der Waals surface area contributed by atoms with Gasteiger partial charge in [-0.3, -0.25) is 0 Å². The predicted octanol–water partition coefficient (Wildman–Crippen LogP) is 3.04. The van der Waals surface area contributed by atoms with Crippen LogP contribution in [0.25, 0.3) is 0 Å². The molecule has 17 heavy (non-hydrogen) atoms. The van der Waals surface area contributed by atoms with E-state index in [2.05, 4.69) is 37.9 Å². The van der Waals surface area contributed by atoms with Gasteiger partial charge in [0.15, 0.2) is 0 Å². The van der Waals surface area contributed by atoms with E-state index in [9.17, 15) is 4.39 Å². The van der Waals surface area contributed by atoms with Gasteiger partial charge in [-0.1, -0.05) is 26.0 Å². The van der Waals surface area contributed by atoms with Crippen LogP contribution in [-0.4, -0.2) is 25.2 Å². The van der Waals surface area contributed by atoms with Crippen LogP contribution in [0.15, 0.2) is 24.3 Å². The molecule has 0 spiro atoms. The molecule has 1 N–H and O–H groups in total. The first-order valence-electron chi connectivity index (χ1n) is 6.30. The molecule has 1 aromatic rings. The Kier molecular flexibility index (Phi) is 5.42. The third-order valence-corrected chi connectivity index (χ3v) is 2.86. The van der Waals surface area contributed by atoms with Gasteiger partial charge in [0, 0.05) is 25.2 Å². The van der Waals surface area contributed by atoms with Crippen molar-refractivity contribution in [3.8, 4) is 0 Å². The second kappa shape index (κ2) is 6.60. The van der Waals surface area contributed by atoms with Crippen molar-refractivity contribution in [3.05, 3.63) is 30.1 Å². The molecule has 96 valence electrons. The molecular weight excluding hydrogens is 215 g/mol. The van der Waals surface area contributed by atoms with E-state index in [1.165, 1.54) is 6.07 Å². The lowest BCUT2D eigenvalue weighted by molar-refractivity contribution is 0.514. The van der Waals surface area contributed by atoms with Gasteiger partial charge in [0.05, 0.1) is 5.69 Å². The number of para-hydroxylation sites is 1. The van der Waals surface area contributed by atoms with Crippen LogP contribution in [0.4, 0.5) is 10.1 Å². The number of hydrogen-bond acceptors (Lipinski definition) is 2. The van der Waals surface area contributed by atoms with Gasteiger partial charge < -0.3 is 10.2 Å². The summed E-state index contributed by atoms with van der Waals surface area (Å²) in [6, 6.07) is 7.69. The fraction of sp³-hybridized carbons (Fsp3) is 0.571. The molecule has 0 amide bonds. The fourth-order valence-corrected chi connectivity index (χ4v) is 1.92. The van der Waals surface area contributed by atoms with Gasteiger partial charge in [-0.2, -0.15) is 0 Å². The normalized spacial score (nSPS) is 12.8. The fourth-order valence-electron chi connectivity index (χ4n) is 1.92. The standard InChI is InChI=1S/C14H23FN2/c1-5-17(12(4)10-16-11(2)3)14-9-7-6-8-13(14)15/h6-9,11-12,16H,5,10H2,1-4H3. The van der Waals surface area contributed by atoms with E-state index in [4.69, 9.17) is 0 Å². The van der Waals surface area contributed by atoms with Crippen molar-refractivity contribution < 1.29 is 4.39 Å². The summed E-state index contributed by atoms with van der Waals surface area (Å²) in [5.74, 6) is -0.147. The van der Waals surface area contributed by atoms with Gasteiger partial charge in [0.25, 0.3) is 0 Å². The molecule has 3 heteroatoms. The Morgan fingerprint density at radius 1 is 1.24 bits per heavy atom. The third kappa shape index (κ3) is 4.00. The summed E-state index contributed by atoms with van der Waals surface area (Å²) in [7, 11) is 0. The zero-order valence-electron chi connectivity index (χ0n) is 11.2. The minimum Gasteiger partial charge on any atom is -0.365 e. The number of benzene rings is 1. The number of nitrogens with zero attached hydrogens (tertiary/aromatic N) is 1. The number of nitrogens with one attached hydrogen (secondary N) is 1. The number of hydrogen-bond donors (Lipinski definition) is 1. The van der Waals surface area contributed by atoms with Crippen LogP contribution < -0.4 is 10.2 Å². The third-order valence-electron chi connectivity index (χ3n) is 2.86. The highest BCUT2D eigenvalue weighted by Gasteiger charge is 2.15. The molecule has 0 aliphatic rings. The average Bonchev–Trinajstić information content (AvgIpc) is 2.30. The molecule has 0 saturated heterocycles. The van der Waals surface area contributed by atoms with Gasteiger partial charge in [-0.25, -0.2) is 4.39 Å². The molecule has 0 aliphatic carbocycles. The monoisotopic (exact) mass is 238 g/mol. The van der Waals surface area contributed by atoms with Crippen LogP contribution in [0.1, 0.15) is 27.7 Å². The smallest absolute Gasteiger partial charge is 0.146 e. The molecule has 0 bridgehead atoms. The van der Waals surface area contributed by atoms with Crippen LogP contribution in [0.2, 0.25) is 0 Å².